The molecule has 0 aromatic carbocycles. The van der Waals surface area contributed by atoms with Crippen LogP contribution in [0.2, 0.25) is 0 Å². The van der Waals surface area contributed by atoms with E-state index in [0.29, 0.717) is 13.1 Å². The van der Waals surface area contributed by atoms with Gasteiger partial charge < -0.3 is 16.0 Å². The Morgan fingerprint density at radius 3 is 2.84 bits per heavy atom. The molecule has 0 spiro atoms. The summed E-state index contributed by atoms with van der Waals surface area (Å²) in [5, 5.41) is 14.2. The third-order valence-corrected chi connectivity index (χ3v) is 4.11. The molecule has 0 aliphatic carbocycles. The van der Waals surface area contributed by atoms with Crippen LogP contribution in [0.25, 0.3) is 0 Å². The predicted molar refractivity (Wildman–Crippen MR) is 98.5 cm³/mol. The second kappa shape index (κ2) is 9.39. The van der Waals surface area contributed by atoms with E-state index in [4.69, 9.17) is 0 Å². The normalized spacial score (nSPS) is 17.3. The number of aliphatic imine (C=N–C) groups is 1. The molecule has 8 heteroatoms. The minimum atomic E-state index is 0.00229. The highest BCUT2D eigenvalue weighted by Gasteiger charge is 2.22. The van der Waals surface area contributed by atoms with Gasteiger partial charge in [0, 0.05) is 37.9 Å². The Kier molecular flexibility index (Phi) is 7.21. The molecular formula is C17H31N7O. The fraction of sp³-hybridized carbons (Fsp3) is 0.765. The van der Waals surface area contributed by atoms with Crippen LogP contribution in [-0.4, -0.2) is 52.3 Å². The third kappa shape index (κ3) is 5.72. The minimum Gasteiger partial charge on any atom is -0.357 e. The molecule has 1 aromatic rings. The first kappa shape index (κ1) is 19.2. The van der Waals surface area contributed by atoms with Crippen LogP contribution in [-0.2, 0) is 24.2 Å². The predicted octanol–water partition coefficient (Wildman–Crippen LogP) is 0.483. The molecule has 1 atom stereocenters. The van der Waals surface area contributed by atoms with E-state index in [2.05, 4.69) is 37.9 Å². The van der Waals surface area contributed by atoms with Gasteiger partial charge in [0.15, 0.2) is 11.8 Å². The monoisotopic (exact) mass is 349 g/mol. The van der Waals surface area contributed by atoms with Crippen molar-refractivity contribution in [3.8, 4) is 0 Å². The van der Waals surface area contributed by atoms with Crippen molar-refractivity contribution < 1.29 is 4.79 Å². The average molecular weight is 349 g/mol. The van der Waals surface area contributed by atoms with Gasteiger partial charge in [-0.2, -0.15) is 5.10 Å². The van der Waals surface area contributed by atoms with Crippen molar-refractivity contribution in [2.24, 2.45) is 10.9 Å². The van der Waals surface area contributed by atoms with Crippen LogP contribution in [0.1, 0.15) is 45.8 Å². The molecule has 0 bridgehead atoms. The summed E-state index contributed by atoms with van der Waals surface area (Å²) in [6.07, 6.45) is 2.80. The molecular weight excluding hydrogens is 318 g/mol. The summed E-state index contributed by atoms with van der Waals surface area (Å²) >= 11 is 0. The summed E-state index contributed by atoms with van der Waals surface area (Å²) in [6.45, 7) is 10.6. The Bertz CT molecular complexity index is 594. The van der Waals surface area contributed by atoms with Crippen LogP contribution in [0.15, 0.2) is 4.99 Å². The summed E-state index contributed by atoms with van der Waals surface area (Å²) in [5.41, 5.74) is 0. The van der Waals surface area contributed by atoms with E-state index in [1.165, 1.54) is 0 Å². The van der Waals surface area contributed by atoms with Crippen LogP contribution in [0, 0.1) is 5.92 Å². The Morgan fingerprint density at radius 1 is 1.36 bits per heavy atom. The quantitative estimate of drug-likeness (QED) is 0.378. The molecule has 8 nitrogen and oxygen atoms in total. The van der Waals surface area contributed by atoms with E-state index in [1.807, 2.05) is 25.5 Å². The van der Waals surface area contributed by atoms with Crippen LogP contribution >= 0.6 is 0 Å². The van der Waals surface area contributed by atoms with E-state index in [0.717, 1.165) is 50.0 Å². The number of nitrogens with zero attached hydrogens (tertiary/aromatic N) is 4. The highest BCUT2D eigenvalue weighted by molar-refractivity contribution is 5.80. The maximum atomic E-state index is 11.6. The number of carbonyl (C=O) groups is 1. The Morgan fingerprint density at radius 2 is 2.16 bits per heavy atom. The number of hydrogen-bond acceptors (Lipinski definition) is 4. The molecule has 1 aromatic heterocycles. The smallest absolute Gasteiger partial charge is 0.222 e. The van der Waals surface area contributed by atoms with Crippen molar-refractivity contribution in [3.63, 3.8) is 0 Å². The number of aryl methyl sites for hydroxylation is 2. The van der Waals surface area contributed by atoms with Crippen LogP contribution < -0.4 is 16.0 Å². The van der Waals surface area contributed by atoms with Crippen LogP contribution in [0.5, 0.6) is 0 Å². The van der Waals surface area contributed by atoms with Crippen molar-refractivity contribution in [1.82, 2.24) is 30.7 Å². The molecule has 1 aliphatic rings. The lowest BCUT2D eigenvalue weighted by Crippen LogP contribution is -2.47. The zero-order valence-corrected chi connectivity index (χ0v) is 15.8. The van der Waals surface area contributed by atoms with Gasteiger partial charge in [0.25, 0.3) is 0 Å². The molecule has 0 saturated carbocycles. The number of hydrogen-bond donors (Lipinski definition) is 3. The lowest BCUT2D eigenvalue weighted by molar-refractivity contribution is -0.123. The Balaban J connectivity index is 1.86. The van der Waals surface area contributed by atoms with Gasteiger partial charge in [-0.25, -0.2) is 9.67 Å². The van der Waals surface area contributed by atoms with Gasteiger partial charge >= 0.3 is 0 Å². The maximum Gasteiger partial charge on any atom is 0.222 e. The molecule has 1 unspecified atom stereocenters. The topological polar surface area (TPSA) is 96.2 Å². The summed E-state index contributed by atoms with van der Waals surface area (Å²) in [6, 6.07) is 0.280. The molecule has 0 fully saturated rings. The highest BCUT2D eigenvalue weighted by Crippen LogP contribution is 2.13. The molecule has 3 N–H and O–H groups in total. The second-order valence-electron chi connectivity index (χ2n) is 6.57. The number of rotatable bonds is 7. The fourth-order valence-electron chi connectivity index (χ4n) is 2.69. The summed E-state index contributed by atoms with van der Waals surface area (Å²) in [4.78, 5) is 20.7. The van der Waals surface area contributed by atoms with Gasteiger partial charge in [-0.15, -0.1) is 0 Å². The summed E-state index contributed by atoms with van der Waals surface area (Å²) < 4.78 is 2.01. The Hall–Kier alpha value is -2.12. The number of fused-ring (bicyclic) bond motifs is 1. The summed E-state index contributed by atoms with van der Waals surface area (Å²) in [5.74, 6) is 2.84. The van der Waals surface area contributed by atoms with Gasteiger partial charge in [0.1, 0.15) is 5.82 Å². The second-order valence-corrected chi connectivity index (χ2v) is 6.57. The molecule has 140 valence electrons. The lowest BCUT2D eigenvalue weighted by Gasteiger charge is -2.25. The SMILES string of the molecule is CCNC(=NCCNC(=O)C(C)C)NC1CCc2nc(CC)nn2C1. The van der Waals surface area contributed by atoms with E-state index in [-0.39, 0.29) is 17.9 Å². The van der Waals surface area contributed by atoms with Gasteiger partial charge in [0.2, 0.25) is 5.91 Å². The number of nitrogens with one attached hydrogen (secondary N) is 3. The Labute approximate surface area is 149 Å². The number of guanidine groups is 1. The minimum absolute atomic E-state index is 0.00229. The zero-order chi connectivity index (χ0) is 18.2. The maximum absolute atomic E-state index is 11.6. The van der Waals surface area contributed by atoms with Gasteiger partial charge in [-0.1, -0.05) is 20.8 Å². The molecule has 2 heterocycles. The van der Waals surface area contributed by atoms with E-state index < -0.39 is 0 Å². The highest BCUT2D eigenvalue weighted by atomic mass is 16.1. The average Bonchev–Trinajstić information content (AvgIpc) is 3.00. The van der Waals surface area contributed by atoms with Crippen molar-refractivity contribution in [2.75, 3.05) is 19.6 Å². The largest absolute Gasteiger partial charge is 0.357 e. The zero-order valence-electron chi connectivity index (χ0n) is 15.8. The van der Waals surface area contributed by atoms with Crippen LogP contribution in [0.3, 0.4) is 0 Å². The van der Waals surface area contributed by atoms with E-state index >= 15 is 0 Å². The van der Waals surface area contributed by atoms with Gasteiger partial charge in [-0.3, -0.25) is 9.79 Å². The van der Waals surface area contributed by atoms with Crippen molar-refractivity contribution in [3.05, 3.63) is 11.6 Å². The standard InChI is InChI=1S/C17H31N7O/c1-5-14-22-15-8-7-13(11-24(15)23-14)21-17(18-6-2)20-10-9-19-16(25)12(3)4/h12-13H,5-11H2,1-4H3,(H,19,25)(H2,18,20,21). The number of aromatic nitrogens is 3. The van der Waals surface area contributed by atoms with E-state index in [9.17, 15) is 4.79 Å². The molecule has 0 radical (unpaired) electrons. The van der Waals surface area contributed by atoms with Gasteiger partial charge in [-0.05, 0) is 13.3 Å². The fourth-order valence-corrected chi connectivity index (χ4v) is 2.69. The van der Waals surface area contributed by atoms with Crippen molar-refractivity contribution in [1.29, 1.82) is 0 Å². The van der Waals surface area contributed by atoms with E-state index in [1.54, 1.807) is 0 Å². The van der Waals surface area contributed by atoms with Gasteiger partial charge in [0.05, 0.1) is 13.1 Å². The first-order chi connectivity index (χ1) is 12.0. The van der Waals surface area contributed by atoms with Crippen molar-refractivity contribution in [2.45, 2.75) is 59.5 Å². The molecule has 25 heavy (non-hydrogen) atoms. The van der Waals surface area contributed by atoms with Crippen LogP contribution in [0.4, 0.5) is 0 Å². The summed E-state index contributed by atoms with van der Waals surface area (Å²) in [7, 11) is 0. The lowest BCUT2D eigenvalue weighted by atomic mass is 10.1. The molecule has 1 aliphatic heterocycles. The third-order valence-electron chi connectivity index (χ3n) is 4.11. The van der Waals surface area contributed by atoms with Crippen molar-refractivity contribution >= 4 is 11.9 Å². The molecule has 2 rings (SSSR count). The molecule has 1 amide bonds. The number of carbonyl (C=O) groups excluding carboxylic acids is 1. The molecule has 0 saturated heterocycles. The first-order valence-electron chi connectivity index (χ1n) is 9.28. The number of amides is 1. The first-order valence-corrected chi connectivity index (χ1v) is 9.28.